The zero-order chi connectivity index (χ0) is 16.1. The van der Waals surface area contributed by atoms with Crippen molar-refractivity contribution in [1.29, 1.82) is 0 Å². The minimum Gasteiger partial charge on any atom is -0.491 e. The Morgan fingerprint density at radius 3 is 2.55 bits per heavy atom. The molecule has 1 aromatic carbocycles. The lowest BCUT2D eigenvalue weighted by molar-refractivity contribution is -0.118. The van der Waals surface area contributed by atoms with Crippen molar-refractivity contribution in [2.75, 3.05) is 13.6 Å². The summed E-state index contributed by atoms with van der Waals surface area (Å²) in [6, 6.07) is 8.02. The van der Waals surface area contributed by atoms with Gasteiger partial charge in [0.2, 0.25) is 5.91 Å². The summed E-state index contributed by atoms with van der Waals surface area (Å²) >= 11 is 0. The third-order valence-electron chi connectivity index (χ3n) is 3.23. The molecule has 118 valence electrons. The van der Waals surface area contributed by atoms with Gasteiger partial charge in [0.05, 0.1) is 12.6 Å². The summed E-state index contributed by atoms with van der Waals surface area (Å²) < 4.78 is 5.66. The van der Waals surface area contributed by atoms with Gasteiger partial charge in [0, 0.05) is 24.5 Å². The highest BCUT2D eigenvalue weighted by Crippen LogP contribution is 2.26. The van der Waals surface area contributed by atoms with Crippen LogP contribution in [0.5, 0.6) is 5.75 Å². The van der Waals surface area contributed by atoms with Crippen molar-refractivity contribution < 1.29 is 9.53 Å². The molecule has 22 heavy (non-hydrogen) atoms. The predicted octanol–water partition coefficient (Wildman–Crippen LogP) is 2.39. The van der Waals surface area contributed by atoms with Gasteiger partial charge in [0.15, 0.2) is 0 Å². The van der Waals surface area contributed by atoms with E-state index < -0.39 is 0 Å². The van der Waals surface area contributed by atoms with Gasteiger partial charge >= 0.3 is 0 Å². The number of hydrogen-bond acceptors (Lipinski definition) is 3. The van der Waals surface area contributed by atoms with Crippen molar-refractivity contribution in [1.82, 2.24) is 9.88 Å². The van der Waals surface area contributed by atoms with Crippen LogP contribution in [0.4, 0.5) is 0 Å². The lowest BCUT2D eigenvalue weighted by atomic mass is 10.0. The summed E-state index contributed by atoms with van der Waals surface area (Å²) in [5, 5.41) is 0. The zero-order valence-electron chi connectivity index (χ0n) is 13.3. The normalized spacial score (nSPS) is 11.1. The highest BCUT2D eigenvalue weighted by molar-refractivity contribution is 5.76. The summed E-state index contributed by atoms with van der Waals surface area (Å²) in [5.74, 6) is 0.538. The Morgan fingerprint density at radius 1 is 1.27 bits per heavy atom. The number of likely N-dealkylation sites (N-methyl/N-ethyl adjacent to an activating group) is 1. The van der Waals surface area contributed by atoms with Crippen LogP contribution < -0.4 is 10.5 Å². The van der Waals surface area contributed by atoms with Crippen molar-refractivity contribution in [2.45, 2.75) is 26.5 Å². The number of aromatic nitrogens is 1. The van der Waals surface area contributed by atoms with Crippen molar-refractivity contribution in [3.63, 3.8) is 0 Å². The molecule has 2 rings (SSSR count). The second-order valence-corrected chi connectivity index (χ2v) is 5.72. The predicted molar refractivity (Wildman–Crippen MR) is 87.5 cm³/mol. The second kappa shape index (κ2) is 7.13. The van der Waals surface area contributed by atoms with E-state index in [1.807, 2.05) is 62.5 Å². The SMILES string of the molecule is CC(C)Oc1ccc(-c2c[nH]cc2CN(C)CC(N)=O)cc1. The number of amides is 1. The lowest BCUT2D eigenvalue weighted by Crippen LogP contribution is -2.30. The highest BCUT2D eigenvalue weighted by atomic mass is 16.5. The number of H-pyrrole nitrogens is 1. The van der Waals surface area contributed by atoms with Crippen LogP contribution in [0, 0.1) is 0 Å². The van der Waals surface area contributed by atoms with Gasteiger partial charge in [0.1, 0.15) is 5.75 Å². The number of rotatable bonds is 7. The standard InChI is InChI=1S/C17H23N3O2/c1-12(2)22-15-6-4-13(5-7-15)16-9-19-8-14(16)10-20(3)11-17(18)21/h4-9,12,19H,10-11H2,1-3H3,(H2,18,21). The van der Waals surface area contributed by atoms with Crippen molar-refractivity contribution in [3.05, 3.63) is 42.2 Å². The smallest absolute Gasteiger partial charge is 0.231 e. The molecular weight excluding hydrogens is 278 g/mol. The highest BCUT2D eigenvalue weighted by Gasteiger charge is 2.10. The van der Waals surface area contributed by atoms with Gasteiger partial charge in [-0.25, -0.2) is 0 Å². The number of carbonyl (C=O) groups is 1. The van der Waals surface area contributed by atoms with E-state index in [2.05, 4.69) is 4.98 Å². The first-order chi connectivity index (χ1) is 10.5. The van der Waals surface area contributed by atoms with Gasteiger partial charge in [-0.05, 0) is 44.2 Å². The van der Waals surface area contributed by atoms with Crippen LogP contribution in [-0.4, -0.2) is 35.5 Å². The monoisotopic (exact) mass is 301 g/mol. The molecule has 0 saturated carbocycles. The Labute approximate surface area is 131 Å². The van der Waals surface area contributed by atoms with E-state index in [0.29, 0.717) is 6.54 Å². The zero-order valence-corrected chi connectivity index (χ0v) is 13.3. The first-order valence-electron chi connectivity index (χ1n) is 7.35. The number of hydrogen-bond donors (Lipinski definition) is 2. The van der Waals surface area contributed by atoms with Crippen molar-refractivity contribution in [3.8, 4) is 16.9 Å². The number of aromatic amines is 1. The average molecular weight is 301 g/mol. The van der Waals surface area contributed by atoms with Crippen LogP contribution in [0.25, 0.3) is 11.1 Å². The second-order valence-electron chi connectivity index (χ2n) is 5.72. The fourth-order valence-corrected chi connectivity index (χ4v) is 2.39. The van der Waals surface area contributed by atoms with E-state index in [9.17, 15) is 4.79 Å². The molecule has 0 unspecified atom stereocenters. The molecule has 0 atom stereocenters. The number of carbonyl (C=O) groups excluding carboxylic acids is 1. The fourth-order valence-electron chi connectivity index (χ4n) is 2.39. The molecule has 1 heterocycles. The van der Waals surface area contributed by atoms with Crippen LogP contribution in [0.3, 0.4) is 0 Å². The van der Waals surface area contributed by atoms with E-state index in [1.165, 1.54) is 0 Å². The van der Waals surface area contributed by atoms with E-state index in [4.69, 9.17) is 10.5 Å². The summed E-state index contributed by atoms with van der Waals surface area (Å²) in [4.78, 5) is 16.0. The van der Waals surface area contributed by atoms with Crippen LogP contribution in [-0.2, 0) is 11.3 Å². The van der Waals surface area contributed by atoms with Gasteiger partial charge in [-0.2, -0.15) is 0 Å². The molecule has 5 heteroatoms. The molecule has 0 fully saturated rings. The Morgan fingerprint density at radius 2 is 1.95 bits per heavy atom. The maximum atomic E-state index is 11.0. The van der Waals surface area contributed by atoms with Gasteiger partial charge in [-0.15, -0.1) is 0 Å². The molecule has 5 nitrogen and oxygen atoms in total. The molecular formula is C17H23N3O2. The van der Waals surface area contributed by atoms with Crippen LogP contribution in [0.2, 0.25) is 0 Å². The maximum absolute atomic E-state index is 11.0. The molecule has 2 aromatic rings. The van der Waals surface area contributed by atoms with Crippen LogP contribution in [0.1, 0.15) is 19.4 Å². The molecule has 0 saturated heterocycles. The fraction of sp³-hybridized carbons (Fsp3) is 0.353. The van der Waals surface area contributed by atoms with E-state index >= 15 is 0 Å². The van der Waals surface area contributed by atoms with Gasteiger partial charge in [-0.3, -0.25) is 9.69 Å². The van der Waals surface area contributed by atoms with Crippen molar-refractivity contribution in [2.24, 2.45) is 5.73 Å². The number of nitrogens with zero attached hydrogens (tertiary/aromatic N) is 1. The Balaban J connectivity index is 2.13. The molecule has 0 bridgehead atoms. The lowest BCUT2D eigenvalue weighted by Gasteiger charge is -2.15. The molecule has 0 aliphatic carbocycles. The molecule has 1 aromatic heterocycles. The van der Waals surface area contributed by atoms with Crippen molar-refractivity contribution >= 4 is 5.91 Å². The number of primary amides is 1. The topological polar surface area (TPSA) is 71.3 Å². The Bertz CT molecular complexity index is 617. The van der Waals surface area contributed by atoms with E-state index in [-0.39, 0.29) is 18.6 Å². The molecule has 0 aliphatic heterocycles. The average Bonchev–Trinajstić information content (AvgIpc) is 2.86. The first-order valence-corrected chi connectivity index (χ1v) is 7.35. The molecule has 0 radical (unpaired) electrons. The molecule has 3 N–H and O–H groups in total. The third kappa shape index (κ3) is 4.36. The largest absolute Gasteiger partial charge is 0.491 e. The van der Waals surface area contributed by atoms with Crippen LogP contribution >= 0.6 is 0 Å². The van der Waals surface area contributed by atoms with E-state index in [1.54, 1.807) is 0 Å². The molecule has 0 aliphatic rings. The third-order valence-corrected chi connectivity index (χ3v) is 3.23. The van der Waals surface area contributed by atoms with Crippen LogP contribution in [0.15, 0.2) is 36.7 Å². The van der Waals surface area contributed by atoms with Gasteiger partial charge in [-0.1, -0.05) is 12.1 Å². The quantitative estimate of drug-likeness (QED) is 0.825. The maximum Gasteiger partial charge on any atom is 0.231 e. The Kier molecular flexibility index (Phi) is 5.22. The Hall–Kier alpha value is -2.27. The summed E-state index contributed by atoms with van der Waals surface area (Å²) in [5.41, 5.74) is 8.58. The minimum absolute atomic E-state index is 0.163. The van der Waals surface area contributed by atoms with E-state index in [0.717, 1.165) is 22.4 Å². The van der Waals surface area contributed by atoms with Gasteiger partial charge < -0.3 is 15.5 Å². The number of benzene rings is 1. The number of nitrogens with one attached hydrogen (secondary N) is 1. The summed E-state index contributed by atoms with van der Waals surface area (Å²) in [6.07, 6.45) is 4.08. The molecule has 0 spiro atoms. The number of nitrogens with two attached hydrogens (primary N) is 1. The first kappa shape index (κ1) is 16.1. The molecule has 1 amide bonds. The number of ether oxygens (including phenoxy) is 1. The summed E-state index contributed by atoms with van der Waals surface area (Å²) in [6.45, 7) is 4.91. The van der Waals surface area contributed by atoms with Gasteiger partial charge in [0.25, 0.3) is 0 Å². The minimum atomic E-state index is -0.324. The summed E-state index contributed by atoms with van der Waals surface area (Å²) in [7, 11) is 1.88.